The fourth-order valence-corrected chi connectivity index (χ4v) is 2.71. The summed E-state index contributed by atoms with van der Waals surface area (Å²) in [5.41, 5.74) is 2.45. The van der Waals surface area contributed by atoms with Gasteiger partial charge in [0.25, 0.3) is 0 Å². The van der Waals surface area contributed by atoms with Crippen LogP contribution in [0.3, 0.4) is 0 Å². The lowest BCUT2D eigenvalue weighted by molar-refractivity contribution is 0.602. The molecule has 0 bridgehead atoms. The Kier molecular flexibility index (Phi) is 8.53. The molecule has 0 unspecified atom stereocenters. The van der Waals surface area contributed by atoms with E-state index >= 15 is 0 Å². The molecule has 0 saturated heterocycles. The van der Waals surface area contributed by atoms with Crippen LogP contribution in [-0.2, 0) is 9.84 Å². The van der Waals surface area contributed by atoms with Crippen molar-refractivity contribution in [2.75, 3.05) is 6.26 Å². The number of hydrogen-bond acceptors (Lipinski definition) is 4. The maximum atomic E-state index is 11.5. The van der Waals surface area contributed by atoms with Gasteiger partial charge in [0.1, 0.15) is 5.82 Å². The van der Waals surface area contributed by atoms with Crippen LogP contribution in [0.5, 0.6) is 0 Å². The summed E-state index contributed by atoms with van der Waals surface area (Å²) in [6.07, 6.45) is 2.87. The topological polar surface area (TPSA) is 86.6 Å². The van der Waals surface area contributed by atoms with Crippen molar-refractivity contribution in [2.24, 2.45) is 0 Å². The van der Waals surface area contributed by atoms with E-state index in [4.69, 9.17) is 5.26 Å². The van der Waals surface area contributed by atoms with E-state index in [9.17, 15) is 8.42 Å². The number of benzene rings is 2. The smallest absolute Gasteiger partial charge is 0.175 e. The van der Waals surface area contributed by atoms with Crippen molar-refractivity contribution in [1.82, 2.24) is 9.97 Å². The van der Waals surface area contributed by atoms with Gasteiger partial charge < -0.3 is 4.98 Å². The van der Waals surface area contributed by atoms with Crippen LogP contribution in [0.25, 0.3) is 22.4 Å². The van der Waals surface area contributed by atoms with Crippen molar-refractivity contribution >= 4 is 20.9 Å². The lowest BCUT2D eigenvalue weighted by Crippen LogP contribution is -1.96. The molecule has 0 spiro atoms. The van der Waals surface area contributed by atoms with Crippen molar-refractivity contribution in [3.05, 3.63) is 48.5 Å². The van der Waals surface area contributed by atoms with Gasteiger partial charge in [-0.25, -0.2) is 13.4 Å². The Balaban J connectivity index is 0.000000420. The number of hydrogen-bond donors (Lipinski definition) is 1. The van der Waals surface area contributed by atoms with Crippen molar-refractivity contribution < 1.29 is 8.42 Å². The molecule has 2 aromatic carbocycles. The SMILES string of the molecule is CC.CCCC#N.CS(=O)(=O)c1ccc2nc(-c3ccccc3)[nH]c2c1. The number of unbranched alkanes of at least 4 members (excludes halogenated alkanes) is 1. The highest BCUT2D eigenvalue weighted by Gasteiger charge is 2.10. The average Bonchev–Trinajstić information content (AvgIpc) is 3.08. The van der Waals surface area contributed by atoms with E-state index in [1.165, 1.54) is 6.26 Å². The number of nitrogens with zero attached hydrogens (tertiary/aromatic N) is 2. The van der Waals surface area contributed by atoms with Gasteiger partial charge in [-0.3, -0.25) is 0 Å². The van der Waals surface area contributed by atoms with Crippen LogP contribution in [0.4, 0.5) is 0 Å². The molecule has 3 rings (SSSR count). The number of sulfone groups is 1. The summed E-state index contributed by atoms with van der Waals surface area (Å²) in [4.78, 5) is 7.90. The van der Waals surface area contributed by atoms with Gasteiger partial charge in [0.2, 0.25) is 0 Å². The first-order valence-corrected chi connectivity index (χ1v) is 10.5. The molecule has 0 atom stereocenters. The van der Waals surface area contributed by atoms with Gasteiger partial charge >= 0.3 is 0 Å². The largest absolute Gasteiger partial charge is 0.338 e. The molecule has 1 N–H and O–H groups in total. The average molecular weight is 372 g/mol. The first-order valence-electron chi connectivity index (χ1n) is 8.58. The molecule has 1 heterocycles. The number of H-pyrrole nitrogens is 1. The molecule has 0 amide bonds. The summed E-state index contributed by atoms with van der Waals surface area (Å²) in [6.45, 7) is 5.99. The maximum Gasteiger partial charge on any atom is 0.175 e. The molecule has 0 aliphatic carbocycles. The Bertz CT molecular complexity index is 956. The molecule has 3 aromatic rings. The van der Waals surface area contributed by atoms with Crippen LogP contribution in [0.1, 0.15) is 33.6 Å². The number of fused-ring (bicyclic) bond motifs is 1. The van der Waals surface area contributed by atoms with E-state index in [1.54, 1.807) is 18.2 Å². The highest BCUT2D eigenvalue weighted by molar-refractivity contribution is 7.90. The minimum atomic E-state index is -3.20. The second-order valence-corrected chi connectivity index (χ2v) is 7.33. The lowest BCUT2D eigenvalue weighted by Gasteiger charge is -1.96. The zero-order valence-corrected chi connectivity index (χ0v) is 16.5. The van der Waals surface area contributed by atoms with Crippen LogP contribution in [0, 0.1) is 11.3 Å². The molecule has 0 saturated carbocycles. The summed E-state index contributed by atoms with van der Waals surface area (Å²) in [7, 11) is -3.20. The minimum absolute atomic E-state index is 0.295. The quantitative estimate of drug-likeness (QED) is 0.704. The van der Waals surface area contributed by atoms with E-state index in [-0.39, 0.29) is 0 Å². The van der Waals surface area contributed by atoms with Crippen LogP contribution in [0.15, 0.2) is 53.4 Å². The molecular weight excluding hydrogens is 346 g/mol. The summed E-state index contributed by atoms with van der Waals surface area (Å²) >= 11 is 0. The third kappa shape index (κ3) is 6.01. The van der Waals surface area contributed by atoms with E-state index in [1.807, 2.05) is 57.2 Å². The number of nitrogens with one attached hydrogen (secondary N) is 1. The number of imidazole rings is 1. The van der Waals surface area contributed by atoms with Gasteiger partial charge in [0, 0.05) is 18.2 Å². The van der Waals surface area contributed by atoms with E-state index in [0.717, 1.165) is 28.8 Å². The summed E-state index contributed by atoms with van der Waals surface area (Å²) in [5.74, 6) is 0.737. The molecule has 1 aromatic heterocycles. The Hall–Kier alpha value is -2.65. The normalized spacial score (nSPS) is 10.1. The van der Waals surface area contributed by atoms with Gasteiger partial charge in [0.05, 0.1) is 22.0 Å². The Morgan fingerprint density at radius 2 is 1.77 bits per heavy atom. The van der Waals surface area contributed by atoms with E-state index in [0.29, 0.717) is 11.3 Å². The highest BCUT2D eigenvalue weighted by Crippen LogP contribution is 2.22. The number of aromatic amines is 1. The van der Waals surface area contributed by atoms with Crippen LogP contribution in [-0.4, -0.2) is 24.6 Å². The first kappa shape index (κ1) is 21.4. The zero-order chi connectivity index (χ0) is 19.6. The van der Waals surface area contributed by atoms with Crippen molar-refractivity contribution in [2.45, 2.75) is 38.5 Å². The number of nitriles is 1. The molecule has 6 heteroatoms. The third-order valence-corrected chi connectivity index (χ3v) is 4.40. The molecule has 0 aliphatic rings. The second-order valence-electron chi connectivity index (χ2n) is 5.31. The Morgan fingerprint density at radius 1 is 1.12 bits per heavy atom. The summed E-state index contributed by atoms with van der Waals surface area (Å²) in [6, 6.07) is 16.6. The molecule has 0 fully saturated rings. The summed E-state index contributed by atoms with van der Waals surface area (Å²) in [5, 5.41) is 7.82. The minimum Gasteiger partial charge on any atom is -0.338 e. The van der Waals surface area contributed by atoms with Gasteiger partial charge in [-0.2, -0.15) is 5.26 Å². The number of rotatable bonds is 3. The molecule has 0 aliphatic heterocycles. The first-order chi connectivity index (χ1) is 12.5. The number of aromatic nitrogens is 2. The standard InChI is InChI=1S/C14H12N2O2S.C4H7N.C2H6/c1-19(17,18)11-7-8-12-13(9-11)16-14(15-12)10-5-3-2-4-6-10;1-2-3-4-5;1-2/h2-9H,1H3,(H,15,16);2-3H2,1H3;1-2H3. The second kappa shape index (κ2) is 10.4. The van der Waals surface area contributed by atoms with E-state index in [2.05, 4.69) is 9.97 Å². The lowest BCUT2D eigenvalue weighted by atomic mass is 10.2. The van der Waals surface area contributed by atoms with Crippen LogP contribution in [0.2, 0.25) is 0 Å². The maximum absolute atomic E-state index is 11.5. The van der Waals surface area contributed by atoms with Crippen LogP contribution < -0.4 is 0 Å². The monoisotopic (exact) mass is 371 g/mol. The zero-order valence-electron chi connectivity index (χ0n) is 15.7. The molecule has 5 nitrogen and oxygen atoms in total. The van der Waals surface area contributed by atoms with Gasteiger partial charge in [-0.1, -0.05) is 51.1 Å². The highest BCUT2D eigenvalue weighted by atomic mass is 32.2. The van der Waals surface area contributed by atoms with Gasteiger partial charge in [-0.05, 0) is 24.6 Å². The van der Waals surface area contributed by atoms with Crippen molar-refractivity contribution in [3.63, 3.8) is 0 Å². The predicted molar refractivity (Wildman–Crippen MR) is 107 cm³/mol. The fourth-order valence-electron chi connectivity index (χ4n) is 2.06. The molecular formula is C20H25N3O2S. The third-order valence-electron chi connectivity index (χ3n) is 3.29. The Morgan fingerprint density at radius 3 is 2.27 bits per heavy atom. The van der Waals surface area contributed by atoms with Crippen molar-refractivity contribution in [3.8, 4) is 17.5 Å². The van der Waals surface area contributed by atoms with Crippen molar-refractivity contribution in [1.29, 1.82) is 5.26 Å². The van der Waals surface area contributed by atoms with Gasteiger partial charge in [-0.15, -0.1) is 0 Å². The summed E-state index contributed by atoms with van der Waals surface area (Å²) < 4.78 is 23.0. The predicted octanol–water partition coefficient (Wildman–Crippen LogP) is 4.97. The molecule has 0 radical (unpaired) electrons. The molecule has 138 valence electrons. The van der Waals surface area contributed by atoms with E-state index < -0.39 is 9.84 Å². The van der Waals surface area contributed by atoms with Gasteiger partial charge in [0.15, 0.2) is 9.84 Å². The Labute approximate surface area is 155 Å². The fraction of sp³-hybridized carbons (Fsp3) is 0.300. The molecule has 26 heavy (non-hydrogen) atoms. The van der Waals surface area contributed by atoms with Crippen LogP contribution >= 0.6 is 0 Å².